The maximum Gasteiger partial charge on any atom is 0.268 e. The Balaban J connectivity index is -0.0000218. The zero-order chi connectivity index (χ0) is 51.9. The van der Waals surface area contributed by atoms with E-state index >= 15 is 0 Å². The third kappa shape index (κ3) is 46.7. The van der Waals surface area contributed by atoms with Crippen molar-refractivity contribution in [1.29, 1.82) is 0 Å². The van der Waals surface area contributed by atoms with Gasteiger partial charge in [-0.25, -0.2) is 0 Å². The summed E-state index contributed by atoms with van der Waals surface area (Å²) in [4.78, 5) is 111. The summed E-state index contributed by atoms with van der Waals surface area (Å²) in [6, 6.07) is 0. The van der Waals surface area contributed by atoms with E-state index in [4.69, 9.17) is 15.5 Å². The van der Waals surface area contributed by atoms with Crippen molar-refractivity contribution >= 4 is 62.6 Å². The molecule has 0 heterocycles. The average Bonchev–Trinajstić information content (AvgIpc) is 3.17. The van der Waals surface area contributed by atoms with Crippen molar-refractivity contribution in [3.8, 4) is 0 Å². The largest absolute Gasteiger partial charge is 0.756 e. The molecule has 2 radical (unpaired) electrons. The molecule has 11 unspecified atom stereocenters. The van der Waals surface area contributed by atoms with E-state index in [0.29, 0.717) is 0 Å². The molecule has 0 aromatic carbocycles. The molecule has 0 fully saturated rings. The summed E-state index contributed by atoms with van der Waals surface area (Å²) >= 11 is 0. The number of hydrogen-bond donors (Lipinski definition) is 3. The summed E-state index contributed by atoms with van der Waals surface area (Å²) in [5, 5.41) is 0. The molecule has 0 aliphatic rings. The van der Waals surface area contributed by atoms with Crippen molar-refractivity contribution in [2.24, 2.45) is 17.8 Å². The number of phosphoric acid groups is 8. The topological polar surface area (TPSA) is 527 Å². The molecular weight excluding hydrogens is 1270 g/mol. The van der Waals surface area contributed by atoms with Crippen LogP contribution in [0, 0.1) is 17.8 Å². The fourth-order valence-corrected chi connectivity index (χ4v) is 9.18. The Morgan fingerprint density at radius 3 is 0.884 bits per heavy atom. The fourth-order valence-electron chi connectivity index (χ4n) is 3.97. The molecule has 0 aromatic rings. The number of nitrogens with one attached hydrogen (secondary N) is 2. The Labute approximate surface area is 444 Å². The Morgan fingerprint density at radius 2 is 0.652 bits per heavy atom. The average molecular weight is 1330 g/mol. The number of quaternary nitrogens is 1. The van der Waals surface area contributed by atoms with E-state index in [-0.39, 0.29) is 76.4 Å². The third-order valence-corrected chi connectivity index (χ3v) is 13.4. The van der Waals surface area contributed by atoms with Gasteiger partial charge in [0.2, 0.25) is 0 Å². The van der Waals surface area contributed by atoms with E-state index in [1.807, 2.05) is 0 Å². The van der Waals surface area contributed by atoms with Crippen LogP contribution in [0.4, 0.5) is 4.48 Å². The van der Waals surface area contributed by atoms with Crippen LogP contribution < -0.4 is 44.7 Å². The molecular formula is C23H50FN3O32P8Y2-8. The first-order chi connectivity index (χ1) is 30.4. The minimum Gasteiger partial charge on any atom is -0.756 e. The van der Waals surface area contributed by atoms with Crippen LogP contribution in [0.3, 0.4) is 0 Å². The maximum absolute atomic E-state index is 12.8. The minimum atomic E-state index is -5.33. The van der Waals surface area contributed by atoms with Crippen molar-refractivity contribution in [3.05, 3.63) is 5.73 Å². The van der Waals surface area contributed by atoms with E-state index in [1.54, 1.807) is 21.1 Å². The van der Waals surface area contributed by atoms with Gasteiger partial charge >= 0.3 is 0 Å². The molecule has 46 heteroatoms. The summed E-state index contributed by atoms with van der Waals surface area (Å²) in [5.41, 5.74) is 8.29. The predicted molar refractivity (Wildman–Crippen MR) is 200 cm³/mol. The van der Waals surface area contributed by atoms with Crippen molar-refractivity contribution in [2.75, 3.05) is 133 Å². The van der Waals surface area contributed by atoms with Gasteiger partial charge in [-0.3, -0.25) is 36.5 Å². The van der Waals surface area contributed by atoms with Crippen molar-refractivity contribution in [2.45, 2.75) is 0 Å². The summed E-state index contributed by atoms with van der Waals surface area (Å²) in [7, 11) is -36.7. The van der Waals surface area contributed by atoms with Crippen LogP contribution >= 0.6 is 62.6 Å². The maximum atomic E-state index is 12.8. The van der Waals surface area contributed by atoms with E-state index in [0.717, 1.165) is 5.54 Å². The molecule has 11 atom stereocenters. The van der Waals surface area contributed by atoms with Crippen molar-refractivity contribution < 1.29 is 223 Å². The second kappa shape index (κ2) is 36.1. The minimum absolute atomic E-state index is 0. The van der Waals surface area contributed by atoms with Gasteiger partial charge in [0, 0.05) is 77.9 Å². The molecule has 0 spiro atoms. The second-order valence-corrected chi connectivity index (χ2v) is 24.5. The first-order valence-electron chi connectivity index (χ1n) is 18.1. The van der Waals surface area contributed by atoms with Gasteiger partial charge in [0.15, 0.2) is 0 Å². The van der Waals surface area contributed by atoms with Crippen LogP contribution in [0.25, 0.3) is 5.73 Å². The van der Waals surface area contributed by atoms with Gasteiger partial charge in [-0.15, -0.1) is 11.0 Å². The van der Waals surface area contributed by atoms with Gasteiger partial charge in [0.05, 0.1) is 126 Å². The second-order valence-electron chi connectivity index (χ2n) is 13.7. The first-order valence-corrected chi connectivity index (χ1v) is 29.9. The number of hydrogen-bond acceptors (Lipinski definition) is 31. The molecule has 0 aliphatic carbocycles. The standard InChI is InChI=1S/C23H58FN3O32P8.2Y/c1-27(2,3)14-23(19-55-61(31,32)33)20-59-67(44,45)53-11-7-49-63(36,37)48-6-10-52-66(42,43)58-18-22(13-26-24)17-57-65(40,41)51-9-5-47-62(34,35)46-4-8-50-64(38,39)56-16-21(12-25)15-54-60(28,29)30;;/h21-23,25-26H,4-20H2,1-3H3,(H,34,35)(H,36,37)(H,38,39)(H,40,41)(H,42,43)(H,44,45)(H2,28,29,30)(H2,31,32,33);;/p-8. The molecule has 69 heavy (non-hydrogen) atoms. The van der Waals surface area contributed by atoms with Crippen LogP contribution in [0.5, 0.6) is 0 Å². The van der Waals surface area contributed by atoms with Gasteiger partial charge in [0.1, 0.15) is 0 Å². The van der Waals surface area contributed by atoms with Gasteiger partial charge in [-0.05, 0) is 5.92 Å². The van der Waals surface area contributed by atoms with Crippen LogP contribution in [0.1, 0.15) is 0 Å². The van der Waals surface area contributed by atoms with Gasteiger partial charge in [-0.1, -0.05) is 0 Å². The summed E-state index contributed by atoms with van der Waals surface area (Å²) in [6.07, 6.45) is 0. The Kier molecular flexibility index (Phi) is 39.9. The molecule has 35 nitrogen and oxygen atoms in total. The third-order valence-electron chi connectivity index (χ3n) is 6.61. The zero-order valence-electron chi connectivity index (χ0n) is 36.5. The van der Waals surface area contributed by atoms with Crippen molar-refractivity contribution in [1.82, 2.24) is 5.54 Å². The first kappa shape index (κ1) is 76.1. The fraction of sp³-hybridized carbons (Fsp3) is 1.00. The summed E-state index contributed by atoms with van der Waals surface area (Å²) in [6.45, 7) is -14.3. The van der Waals surface area contributed by atoms with Gasteiger partial charge in [-0.2, -0.15) is 5.54 Å². The zero-order valence-corrected chi connectivity index (χ0v) is 49.3. The molecule has 0 amide bonds. The molecule has 0 saturated heterocycles. The Hall–Kier alpha value is 2.90. The van der Waals surface area contributed by atoms with Gasteiger partial charge in [0.25, 0.3) is 62.6 Å². The summed E-state index contributed by atoms with van der Waals surface area (Å²) in [5.74, 6) is -3.46. The smallest absolute Gasteiger partial charge is 0.268 e. The Morgan fingerprint density at radius 1 is 0.435 bits per heavy atom. The molecule has 0 aliphatic heterocycles. The van der Waals surface area contributed by atoms with E-state index < -0.39 is 186 Å². The summed E-state index contributed by atoms with van der Waals surface area (Å²) < 4.78 is 167. The molecule has 410 valence electrons. The number of halogens is 1. The van der Waals surface area contributed by atoms with Crippen LogP contribution in [0.2, 0.25) is 0 Å². The molecule has 0 bridgehead atoms. The van der Waals surface area contributed by atoms with E-state index in [2.05, 4.69) is 63.3 Å². The number of rotatable bonds is 43. The number of nitrogens with zero attached hydrogens (tertiary/aromatic N) is 1. The van der Waals surface area contributed by atoms with Crippen molar-refractivity contribution in [3.63, 3.8) is 0 Å². The number of phosphoric ester groups is 8. The monoisotopic (exact) mass is 1320 g/mol. The molecule has 0 saturated carbocycles. The van der Waals surface area contributed by atoms with Crippen LogP contribution in [-0.2, 0) is 165 Å². The van der Waals surface area contributed by atoms with E-state index in [1.165, 1.54) is 0 Å². The molecule has 0 rings (SSSR count). The van der Waals surface area contributed by atoms with Gasteiger partial charge < -0.3 is 122 Å². The SMILES string of the molecule is C[N+](C)(C)CC(COP(=O)([O-])O)COP(=O)([O-])OCCOP(=O)([O-])OCCOP(=O)([O-])OCC(CNF)COP(=O)([O-])OCCOP(=O)([O-])OCCOP(=O)([O-])OCC(C[NH-])COP(=O)([O-])O.[Y].[Y]. The van der Waals surface area contributed by atoms with Crippen LogP contribution in [0.15, 0.2) is 0 Å². The van der Waals surface area contributed by atoms with E-state index in [9.17, 15) is 80.1 Å². The normalized spacial score (nSPS) is 20.6. The molecule has 0 aromatic heterocycles. The quantitative estimate of drug-likeness (QED) is 0.0227. The molecule has 4 N–H and O–H groups in total. The Bertz CT molecular complexity index is 1830. The van der Waals surface area contributed by atoms with Crippen LogP contribution in [-0.4, -0.2) is 148 Å². The predicted octanol–water partition coefficient (Wildman–Crippen LogP) is -3.97.